The topological polar surface area (TPSA) is 0 Å². The van der Waals surface area contributed by atoms with Crippen LogP contribution in [0.3, 0.4) is 0 Å². The van der Waals surface area contributed by atoms with Crippen LogP contribution in [0.4, 0.5) is 0 Å². The lowest BCUT2D eigenvalue weighted by atomic mass is 9.67. The number of halogens is 1. The summed E-state index contributed by atoms with van der Waals surface area (Å²) >= 11 is 6.64. The molecule has 0 aromatic rings. The highest BCUT2D eigenvalue weighted by Gasteiger charge is 2.47. The lowest BCUT2D eigenvalue weighted by Gasteiger charge is -2.44. The number of fused-ring (bicyclic) bond motifs is 1. The van der Waals surface area contributed by atoms with Gasteiger partial charge < -0.3 is 0 Å². The first-order chi connectivity index (χ1) is 5.73. The minimum atomic E-state index is 0.257. The Hall–Kier alpha value is 0.290. The van der Waals surface area contributed by atoms with E-state index in [-0.39, 0.29) is 4.87 Å². The van der Waals surface area contributed by atoms with Gasteiger partial charge in [-0.1, -0.05) is 12.8 Å². The predicted molar refractivity (Wildman–Crippen MR) is 51.4 cm³/mol. The number of alkyl halides is 1. The van der Waals surface area contributed by atoms with Crippen molar-refractivity contribution in [2.75, 3.05) is 0 Å². The molecule has 12 heavy (non-hydrogen) atoms. The van der Waals surface area contributed by atoms with E-state index in [0.29, 0.717) is 0 Å². The maximum Gasteiger partial charge on any atom is 0.0454 e. The van der Waals surface area contributed by atoms with E-state index in [9.17, 15) is 0 Å². The third-order valence-electron chi connectivity index (χ3n) is 4.28. The molecule has 0 amide bonds. The van der Waals surface area contributed by atoms with Crippen molar-refractivity contribution in [3.8, 4) is 0 Å². The summed E-state index contributed by atoms with van der Waals surface area (Å²) in [6.45, 7) is 0. The fourth-order valence-corrected chi connectivity index (χ4v) is 4.74. The molecule has 0 nitrogen and oxygen atoms in total. The zero-order valence-corrected chi connectivity index (χ0v) is 8.32. The van der Waals surface area contributed by atoms with Crippen molar-refractivity contribution in [2.45, 2.75) is 49.8 Å². The smallest absolute Gasteiger partial charge is 0.0454 e. The molecule has 0 aromatic heterocycles. The van der Waals surface area contributed by atoms with Crippen LogP contribution in [0, 0.1) is 17.8 Å². The molecule has 4 aliphatic rings. The van der Waals surface area contributed by atoms with Gasteiger partial charge in [0.1, 0.15) is 0 Å². The summed E-state index contributed by atoms with van der Waals surface area (Å²) in [5.41, 5.74) is 0. The van der Waals surface area contributed by atoms with Gasteiger partial charge in [0.2, 0.25) is 0 Å². The van der Waals surface area contributed by atoms with Gasteiger partial charge in [0.15, 0.2) is 0 Å². The first-order valence-corrected chi connectivity index (χ1v) is 5.80. The SMILES string of the molecule is ClC12CC3C[C@@H](CC[C@@H](C3)C1)C2. The average molecular weight is 185 g/mol. The second-order valence-corrected chi connectivity index (χ2v) is 6.21. The van der Waals surface area contributed by atoms with Gasteiger partial charge in [-0.2, -0.15) is 0 Å². The highest BCUT2D eigenvalue weighted by molar-refractivity contribution is 6.24. The molecule has 0 aliphatic heterocycles. The molecule has 4 atom stereocenters. The van der Waals surface area contributed by atoms with E-state index in [0.717, 1.165) is 17.8 Å². The average Bonchev–Trinajstić information content (AvgIpc) is 2.14. The highest BCUT2D eigenvalue weighted by atomic mass is 35.5. The van der Waals surface area contributed by atoms with Crippen LogP contribution in [-0.4, -0.2) is 4.87 Å². The van der Waals surface area contributed by atoms with E-state index in [4.69, 9.17) is 11.6 Å². The van der Waals surface area contributed by atoms with E-state index >= 15 is 0 Å². The molecule has 2 unspecified atom stereocenters. The van der Waals surface area contributed by atoms with Gasteiger partial charge in [-0.05, 0) is 49.9 Å². The van der Waals surface area contributed by atoms with Gasteiger partial charge in [0.25, 0.3) is 0 Å². The van der Waals surface area contributed by atoms with E-state index in [1.165, 1.54) is 44.9 Å². The van der Waals surface area contributed by atoms with E-state index in [2.05, 4.69) is 0 Å². The third kappa shape index (κ3) is 1.11. The molecule has 0 spiro atoms. The number of hydrogen-bond acceptors (Lipinski definition) is 0. The minimum absolute atomic E-state index is 0.257. The maximum absolute atomic E-state index is 6.64. The Bertz CT molecular complexity index is 183. The molecule has 0 radical (unpaired) electrons. The van der Waals surface area contributed by atoms with Gasteiger partial charge in [0.05, 0.1) is 0 Å². The van der Waals surface area contributed by atoms with Crippen molar-refractivity contribution in [2.24, 2.45) is 17.8 Å². The van der Waals surface area contributed by atoms with Gasteiger partial charge in [0, 0.05) is 4.87 Å². The Labute approximate surface area is 79.7 Å². The van der Waals surface area contributed by atoms with Crippen molar-refractivity contribution in [3.05, 3.63) is 0 Å². The highest BCUT2D eigenvalue weighted by Crippen LogP contribution is 2.55. The predicted octanol–water partition coefficient (Wildman–Crippen LogP) is 3.58. The normalized spacial score (nSPS) is 57.2. The molecule has 4 bridgehead atoms. The number of rotatable bonds is 0. The Morgan fingerprint density at radius 3 is 1.83 bits per heavy atom. The zero-order chi connectivity index (χ0) is 8.18. The Kier molecular flexibility index (Phi) is 1.54. The Morgan fingerprint density at radius 2 is 1.33 bits per heavy atom. The molecule has 0 saturated heterocycles. The van der Waals surface area contributed by atoms with Crippen molar-refractivity contribution >= 4 is 11.6 Å². The first kappa shape index (κ1) is 7.67. The van der Waals surface area contributed by atoms with Gasteiger partial charge in [-0.25, -0.2) is 0 Å². The minimum Gasteiger partial charge on any atom is -0.119 e. The zero-order valence-electron chi connectivity index (χ0n) is 7.56. The van der Waals surface area contributed by atoms with Gasteiger partial charge in [-0.3, -0.25) is 0 Å². The summed E-state index contributed by atoms with van der Waals surface area (Å²) < 4.78 is 0. The molecule has 4 aliphatic carbocycles. The summed E-state index contributed by atoms with van der Waals surface area (Å²) in [5.74, 6) is 2.99. The summed E-state index contributed by atoms with van der Waals surface area (Å²) in [7, 11) is 0. The quantitative estimate of drug-likeness (QED) is 0.505. The van der Waals surface area contributed by atoms with Crippen LogP contribution in [0.25, 0.3) is 0 Å². The molecular formula is C11H17Cl. The lowest BCUT2D eigenvalue weighted by Crippen LogP contribution is -2.38. The van der Waals surface area contributed by atoms with Crippen molar-refractivity contribution < 1.29 is 0 Å². The first-order valence-electron chi connectivity index (χ1n) is 5.42. The molecule has 0 aromatic carbocycles. The molecule has 4 saturated carbocycles. The lowest BCUT2D eigenvalue weighted by molar-refractivity contribution is 0.153. The van der Waals surface area contributed by atoms with Crippen LogP contribution in [0.5, 0.6) is 0 Å². The van der Waals surface area contributed by atoms with Crippen LogP contribution in [0.15, 0.2) is 0 Å². The number of hydrogen-bond donors (Lipinski definition) is 0. The Balaban J connectivity index is 1.95. The van der Waals surface area contributed by atoms with Crippen LogP contribution in [0.2, 0.25) is 0 Å². The summed E-state index contributed by atoms with van der Waals surface area (Å²) in [5, 5.41) is 0. The second-order valence-electron chi connectivity index (χ2n) is 5.41. The van der Waals surface area contributed by atoms with E-state index in [1.807, 2.05) is 0 Å². The van der Waals surface area contributed by atoms with Gasteiger partial charge >= 0.3 is 0 Å². The van der Waals surface area contributed by atoms with Crippen molar-refractivity contribution in [3.63, 3.8) is 0 Å². The molecular weight excluding hydrogens is 168 g/mol. The fraction of sp³-hybridized carbons (Fsp3) is 1.00. The summed E-state index contributed by atoms with van der Waals surface area (Å²) in [6, 6.07) is 0. The summed E-state index contributed by atoms with van der Waals surface area (Å²) in [4.78, 5) is 0.257. The Morgan fingerprint density at radius 1 is 0.833 bits per heavy atom. The summed E-state index contributed by atoms with van der Waals surface area (Å²) in [6.07, 6.45) is 9.98. The maximum atomic E-state index is 6.64. The fourth-order valence-electron chi connectivity index (χ4n) is 4.09. The third-order valence-corrected chi connectivity index (χ3v) is 4.74. The monoisotopic (exact) mass is 184 g/mol. The van der Waals surface area contributed by atoms with Crippen molar-refractivity contribution in [1.29, 1.82) is 0 Å². The molecule has 0 heterocycles. The molecule has 0 N–H and O–H groups in total. The van der Waals surface area contributed by atoms with Crippen LogP contribution < -0.4 is 0 Å². The molecule has 4 fully saturated rings. The van der Waals surface area contributed by atoms with Crippen molar-refractivity contribution in [1.82, 2.24) is 0 Å². The van der Waals surface area contributed by atoms with E-state index < -0.39 is 0 Å². The van der Waals surface area contributed by atoms with Crippen LogP contribution in [0.1, 0.15) is 44.9 Å². The van der Waals surface area contributed by atoms with Gasteiger partial charge in [-0.15, -0.1) is 11.6 Å². The molecule has 4 rings (SSSR count). The molecule has 1 heteroatoms. The standard InChI is InChI=1S/C11H17Cl/c12-11-5-8-1-2-9(6-11)4-10(3-8)7-11/h8-10H,1-7H2/t8-,9+,10?,11?. The van der Waals surface area contributed by atoms with E-state index in [1.54, 1.807) is 0 Å². The second kappa shape index (κ2) is 2.41. The largest absolute Gasteiger partial charge is 0.119 e. The molecule has 68 valence electrons. The van der Waals surface area contributed by atoms with Crippen LogP contribution >= 0.6 is 11.6 Å². The van der Waals surface area contributed by atoms with Crippen LogP contribution in [-0.2, 0) is 0 Å².